The number of nitrogens with zero attached hydrogens (tertiary/aromatic N) is 2. The Balaban J connectivity index is 2.15. The molecule has 1 aromatic heterocycles. The van der Waals surface area contributed by atoms with Crippen molar-refractivity contribution in [3.8, 4) is 0 Å². The number of likely N-dealkylation sites (tertiary alicyclic amines) is 1. The Hall–Kier alpha value is -1.36. The van der Waals surface area contributed by atoms with Crippen LogP contribution in [0.3, 0.4) is 0 Å². The van der Waals surface area contributed by atoms with E-state index in [1.807, 2.05) is 18.0 Å². The molecule has 2 rings (SSSR count). The fourth-order valence-corrected chi connectivity index (χ4v) is 2.31. The minimum Gasteiger partial charge on any atom is -0.333 e. The van der Waals surface area contributed by atoms with Crippen molar-refractivity contribution in [2.75, 3.05) is 20.1 Å². The number of H-pyrrole nitrogens is 1. The lowest BCUT2D eigenvalue weighted by molar-refractivity contribution is -0.131. The Bertz CT molecular complexity index is 374. The number of carbonyl (C=O) groups excluding carboxylic acids is 1. The SMILES string of the molecule is CNCC(=O)N1CCC[C@H]1c1[nH]ncc1C. The van der Waals surface area contributed by atoms with E-state index in [1.54, 1.807) is 7.05 Å². The van der Waals surface area contributed by atoms with E-state index in [0.29, 0.717) is 6.54 Å². The maximum atomic E-state index is 11.9. The number of nitrogens with one attached hydrogen (secondary N) is 2. The number of hydrogen-bond acceptors (Lipinski definition) is 3. The average Bonchev–Trinajstić information content (AvgIpc) is 2.85. The van der Waals surface area contributed by atoms with Gasteiger partial charge in [-0.25, -0.2) is 0 Å². The van der Waals surface area contributed by atoms with Crippen LogP contribution in [-0.4, -0.2) is 41.1 Å². The number of aromatic amines is 1. The molecule has 2 N–H and O–H groups in total. The number of hydrogen-bond donors (Lipinski definition) is 2. The molecule has 5 heteroatoms. The highest BCUT2D eigenvalue weighted by Gasteiger charge is 2.31. The first kappa shape index (κ1) is 11.1. The van der Waals surface area contributed by atoms with E-state index < -0.39 is 0 Å². The van der Waals surface area contributed by atoms with Crippen LogP contribution in [0.4, 0.5) is 0 Å². The van der Waals surface area contributed by atoms with Crippen LogP contribution in [0.15, 0.2) is 6.20 Å². The van der Waals surface area contributed by atoms with E-state index >= 15 is 0 Å². The average molecular weight is 222 g/mol. The Labute approximate surface area is 95.2 Å². The predicted molar refractivity (Wildman–Crippen MR) is 60.9 cm³/mol. The summed E-state index contributed by atoms with van der Waals surface area (Å²) in [6, 6.07) is 0.184. The van der Waals surface area contributed by atoms with E-state index in [-0.39, 0.29) is 11.9 Å². The van der Waals surface area contributed by atoms with Crippen LogP contribution in [0.25, 0.3) is 0 Å². The number of aromatic nitrogens is 2. The van der Waals surface area contributed by atoms with Gasteiger partial charge < -0.3 is 10.2 Å². The fraction of sp³-hybridized carbons (Fsp3) is 0.636. The predicted octanol–water partition coefficient (Wildman–Crippen LogP) is 0.601. The van der Waals surface area contributed by atoms with Crippen molar-refractivity contribution in [2.45, 2.75) is 25.8 Å². The van der Waals surface area contributed by atoms with Crippen molar-refractivity contribution in [2.24, 2.45) is 0 Å². The lowest BCUT2D eigenvalue weighted by Crippen LogP contribution is -2.36. The Kier molecular flexibility index (Phi) is 3.24. The zero-order valence-corrected chi connectivity index (χ0v) is 9.79. The van der Waals surface area contributed by atoms with Crippen molar-refractivity contribution < 1.29 is 4.79 Å². The summed E-state index contributed by atoms with van der Waals surface area (Å²) in [6.07, 6.45) is 3.91. The third kappa shape index (κ3) is 1.95. The summed E-state index contributed by atoms with van der Waals surface area (Å²) in [5.74, 6) is 0.166. The van der Waals surface area contributed by atoms with Gasteiger partial charge in [0.15, 0.2) is 0 Å². The van der Waals surface area contributed by atoms with Crippen molar-refractivity contribution in [1.29, 1.82) is 0 Å². The normalized spacial score (nSPS) is 20.4. The summed E-state index contributed by atoms with van der Waals surface area (Å²) in [4.78, 5) is 13.8. The highest BCUT2D eigenvalue weighted by Crippen LogP contribution is 2.31. The molecule has 1 aromatic rings. The van der Waals surface area contributed by atoms with Gasteiger partial charge in [-0.3, -0.25) is 9.89 Å². The van der Waals surface area contributed by atoms with E-state index in [0.717, 1.165) is 30.6 Å². The summed E-state index contributed by atoms with van der Waals surface area (Å²) in [5, 5.41) is 9.95. The highest BCUT2D eigenvalue weighted by atomic mass is 16.2. The van der Waals surface area contributed by atoms with Gasteiger partial charge in [-0.15, -0.1) is 0 Å². The Morgan fingerprint density at radius 3 is 3.19 bits per heavy atom. The maximum Gasteiger partial charge on any atom is 0.237 e. The summed E-state index contributed by atoms with van der Waals surface area (Å²) in [6.45, 7) is 3.28. The quantitative estimate of drug-likeness (QED) is 0.787. The van der Waals surface area contributed by atoms with Gasteiger partial charge in [0.25, 0.3) is 0 Å². The summed E-state index contributed by atoms with van der Waals surface area (Å²) in [5.41, 5.74) is 2.22. The third-order valence-electron chi connectivity index (χ3n) is 3.10. The second kappa shape index (κ2) is 4.65. The van der Waals surface area contributed by atoms with Crippen molar-refractivity contribution in [3.05, 3.63) is 17.5 Å². The second-order valence-electron chi connectivity index (χ2n) is 4.24. The number of amides is 1. The molecule has 2 heterocycles. The van der Waals surface area contributed by atoms with Gasteiger partial charge in [0.2, 0.25) is 5.91 Å². The standard InChI is InChI=1S/C11H18N4O/c1-8-6-13-14-11(8)9-4-3-5-15(9)10(16)7-12-2/h6,9,12H,3-5,7H2,1-2H3,(H,13,14)/t9-/m0/s1. The Morgan fingerprint density at radius 2 is 2.56 bits per heavy atom. The number of carbonyl (C=O) groups is 1. The molecule has 0 aromatic carbocycles. The van der Waals surface area contributed by atoms with Crippen LogP contribution >= 0.6 is 0 Å². The zero-order chi connectivity index (χ0) is 11.5. The second-order valence-corrected chi connectivity index (χ2v) is 4.24. The van der Waals surface area contributed by atoms with Crippen molar-refractivity contribution in [1.82, 2.24) is 20.4 Å². The van der Waals surface area contributed by atoms with Gasteiger partial charge >= 0.3 is 0 Å². The van der Waals surface area contributed by atoms with E-state index in [4.69, 9.17) is 0 Å². The lowest BCUT2D eigenvalue weighted by Gasteiger charge is -2.24. The van der Waals surface area contributed by atoms with Gasteiger partial charge in [0.1, 0.15) is 0 Å². The highest BCUT2D eigenvalue weighted by molar-refractivity contribution is 5.79. The molecule has 0 radical (unpaired) electrons. The molecule has 1 amide bonds. The van der Waals surface area contributed by atoms with Crippen LogP contribution in [0.5, 0.6) is 0 Å². The number of rotatable bonds is 3. The molecular weight excluding hydrogens is 204 g/mol. The van der Waals surface area contributed by atoms with E-state index in [1.165, 1.54) is 0 Å². The van der Waals surface area contributed by atoms with E-state index in [9.17, 15) is 4.79 Å². The molecular formula is C11H18N4O. The summed E-state index contributed by atoms with van der Waals surface area (Å²) in [7, 11) is 1.80. The molecule has 1 fully saturated rings. The largest absolute Gasteiger partial charge is 0.333 e. The molecule has 1 aliphatic rings. The van der Waals surface area contributed by atoms with Gasteiger partial charge in [-0.1, -0.05) is 0 Å². The van der Waals surface area contributed by atoms with Gasteiger partial charge in [0.05, 0.1) is 24.5 Å². The van der Waals surface area contributed by atoms with Gasteiger partial charge in [-0.05, 0) is 32.4 Å². The minimum atomic E-state index is 0.166. The smallest absolute Gasteiger partial charge is 0.237 e. The molecule has 0 spiro atoms. The monoisotopic (exact) mass is 222 g/mol. The molecule has 88 valence electrons. The van der Waals surface area contributed by atoms with Crippen molar-refractivity contribution >= 4 is 5.91 Å². The first-order valence-corrected chi connectivity index (χ1v) is 5.68. The number of likely N-dealkylation sites (N-methyl/N-ethyl adjacent to an activating group) is 1. The summed E-state index contributed by atoms with van der Waals surface area (Å²) < 4.78 is 0. The lowest BCUT2D eigenvalue weighted by atomic mass is 10.1. The molecule has 1 aliphatic heterocycles. The zero-order valence-electron chi connectivity index (χ0n) is 9.79. The topological polar surface area (TPSA) is 61.0 Å². The van der Waals surface area contributed by atoms with Crippen LogP contribution in [0, 0.1) is 6.92 Å². The van der Waals surface area contributed by atoms with Gasteiger partial charge in [-0.2, -0.15) is 5.10 Å². The first-order chi connectivity index (χ1) is 7.74. The molecule has 0 bridgehead atoms. The van der Waals surface area contributed by atoms with Crippen LogP contribution in [0.2, 0.25) is 0 Å². The molecule has 1 atom stereocenters. The molecule has 1 saturated heterocycles. The van der Waals surface area contributed by atoms with Crippen molar-refractivity contribution in [3.63, 3.8) is 0 Å². The van der Waals surface area contributed by atoms with Crippen LogP contribution < -0.4 is 5.32 Å². The minimum absolute atomic E-state index is 0.166. The Morgan fingerprint density at radius 1 is 1.75 bits per heavy atom. The van der Waals surface area contributed by atoms with Crippen LogP contribution in [0.1, 0.15) is 30.1 Å². The molecule has 16 heavy (non-hydrogen) atoms. The molecule has 0 saturated carbocycles. The van der Waals surface area contributed by atoms with Gasteiger partial charge in [0, 0.05) is 6.54 Å². The fourth-order valence-electron chi connectivity index (χ4n) is 2.31. The van der Waals surface area contributed by atoms with Crippen LogP contribution in [-0.2, 0) is 4.79 Å². The number of aryl methyl sites for hydroxylation is 1. The molecule has 0 unspecified atom stereocenters. The molecule has 0 aliphatic carbocycles. The maximum absolute atomic E-state index is 11.9. The van der Waals surface area contributed by atoms with E-state index in [2.05, 4.69) is 15.5 Å². The first-order valence-electron chi connectivity index (χ1n) is 5.68. The molecule has 5 nitrogen and oxygen atoms in total. The summed E-state index contributed by atoms with van der Waals surface area (Å²) >= 11 is 0. The third-order valence-corrected chi connectivity index (χ3v) is 3.10.